The average molecular weight is 441 g/mol. The van der Waals surface area contributed by atoms with Gasteiger partial charge in [-0.1, -0.05) is 59.8 Å². The minimum Gasteiger partial charge on any atom is -0.481 e. The summed E-state index contributed by atoms with van der Waals surface area (Å²) in [5, 5.41) is 11.4. The van der Waals surface area contributed by atoms with Gasteiger partial charge in [-0.3, -0.25) is 4.79 Å². The number of carbonyl (C=O) groups is 2. The standard InChI is InChI=1S/C21H24N4O3.C2H4O2/c22-18(8-4-5-13-27-21(23)26)20-24-19(25-28-20)14-15-9-11-17(12-10-15)16-6-2-1-3-7-16;1-2(3)4/h1-3,6-7,9-12,18H,4-5,8,13-14,22H2,(H2,23,26);1H3,(H,3,4). The van der Waals surface area contributed by atoms with Crippen molar-refractivity contribution < 1.29 is 24.0 Å². The smallest absolute Gasteiger partial charge is 0.404 e. The van der Waals surface area contributed by atoms with E-state index < -0.39 is 12.1 Å². The highest BCUT2D eigenvalue weighted by Gasteiger charge is 2.15. The number of aromatic nitrogens is 2. The van der Waals surface area contributed by atoms with Crippen LogP contribution in [0.25, 0.3) is 11.1 Å². The average Bonchev–Trinajstić information content (AvgIpc) is 3.22. The number of rotatable bonds is 9. The molecule has 0 aliphatic rings. The van der Waals surface area contributed by atoms with Gasteiger partial charge >= 0.3 is 6.09 Å². The molecule has 1 amide bonds. The molecule has 0 fully saturated rings. The summed E-state index contributed by atoms with van der Waals surface area (Å²) in [5.41, 5.74) is 14.5. The van der Waals surface area contributed by atoms with Crippen molar-refractivity contribution in [2.45, 2.75) is 38.6 Å². The maximum Gasteiger partial charge on any atom is 0.404 e. The summed E-state index contributed by atoms with van der Waals surface area (Å²) >= 11 is 0. The lowest BCUT2D eigenvalue weighted by Gasteiger charge is -2.06. The minimum atomic E-state index is -0.833. The molecule has 1 atom stereocenters. The SMILES string of the molecule is CC(=O)O.NC(=O)OCCCCC(N)c1nc(Cc2ccc(-c3ccccc3)cc2)no1. The van der Waals surface area contributed by atoms with Gasteiger partial charge in [-0.05, 0) is 36.0 Å². The van der Waals surface area contributed by atoms with Crippen LogP contribution in [0.5, 0.6) is 0 Å². The highest BCUT2D eigenvalue weighted by atomic mass is 16.5. The van der Waals surface area contributed by atoms with Crippen molar-refractivity contribution in [3.63, 3.8) is 0 Å². The van der Waals surface area contributed by atoms with Crippen LogP contribution in [0.2, 0.25) is 0 Å². The Hall–Kier alpha value is -3.72. The van der Waals surface area contributed by atoms with E-state index in [4.69, 9.17) is 25.9 Å². The molecular weight excluding hydrogens is 412 g/mol. The Morgan fingerprint density at radius 1 is 1.06 bits per heavy atom. The van der Waals surface area contributed by atoms with E-state index in [1.54, 1.807) is 0 Å². The Morgan fingerprint density at radius 2 is 1.69 bits per heavy atom. The second-order valence-corrected chi connectivity index (χ2v) is 7.08. The van der Waals surface area contributed by atoms with E-state index in [-0.39, 0.29) is 12.6 Å². The van der Waals surface area contributed by atoms with Gasteiger partial charge in [-0.25, -0.2) is 4.79 Å². The van der Waals surface area contributed by atoms with E-state index in [0.717, 1.165) is 18.9 Å². The van der Waals surface area contributed by atoms with Gasteiger partial charge in [0.2, 0.25) is 5.89 Å². The molecule has 0 radical (unpaired) electrons. The van der Waals surface area contributed by atoms with Crippen molar-refractivity contribution in [1.82, 2.24) is 10.1 Å². The fourth-order valence-corrected chi connectivity index (χ4v) is 2.88. The van der Waals surface area contributed by atoms with Gasteiger partial charge in [0.1, 0.15) is 0 Å². The van der Waals surface area contributed by atoms with Gasteiger partial charge in [0.25, 0.3) is 5.97 Å². The van der Waals surface area contributed by atoms with E-state index >= 15 is 0 Å². The predicted octanol–water partition coefficient (Wildman–Crippen LogP) is 3.68. The first-order valence-electron chi connectivity index (χ1n) is 10.2. The Labute approximate surface area is 186 Å². The number of hydrogen-bond acceptors (Lipinski definition) is 7. The summed E-state index contributed by atoms with van der Waals surface area (Å²) in [6.45, 7) is 1.37. The lowest BCUT2D eigenvalue weighted by molar-refractivity contribution is -0.134. The van der Waals surface area contributed by atoms with Crippen LogP contribution in [-0.4, -0.2) is 33.9 Å². The lowest BCUT2D eigenvalue weighted by Crippen LogP contribution is -2.14. The molecule has 0 aliphatic heterocycles. The van der Waals surface area contributed by atoms with Crippen LogP contribution in [-0.2, 0) is 16.0 Å². The van der Waals surface area contributed by atoms with E-state index in [2.05, 4.69) is 51.3 Å². The Morgan fingerprint density at radius 3 is 2.31 bits per heavy atom. The van der Waals surface area contributed by atoms with Crippen molar-refractivity contribution in [3.8, 4) is 11.1 Å². The van der Waals surface area contributed by atoms with Gasteiger partial charge in [0, 0.05) is 13.3 Å². The van der Waals surface area contributed by atoms with Crippen molar-refractivity contribution in [2.24, 2.45) is 11.5 Å². The number of ether oxygens (including phenoxy) is 1. The molecule has 1 heterocycles. The summed E-state index contributed by atoms with van der Waals surface area (Å²) in [6.07, 6.45) is 1.94. The van der Waals surface area contributed by atoms with Crippen LogP contribution in [0.1, 0.15) is 49.5 Å². The normalized spacial score (nSPS) is 11.2. The van der Waals surface area contributed by atoms with Gasteiger partial charge < -0.3 is 25.8 Å². The molecule has 2 aromatic carbocycles. The molecule has 0 bridgehead atoms. The second-order valence-electron chi connectivity index (χ2n) is 7.08. The molecule has 0 saturated heterocycles. The summed E-state index contributed by atoms with van der Waals surface area (Å²) < 4.78 is 9.98. The summed E-state index contributed by atoms with van der Waals surface area (Å²) in [4.78, 5) is 23.9. The van der Waals surface area contributed by atoms with Gasteiger partial charge in [0.05, 0.1) is 12.6 Å². The van der Waals surface area contributed by atoms with Gasteiger partial charge in [0.15, 0.2) is 5.82 Å². The van der Waals surface area contributed by atoms with Crippen molar-refractivity contribution in [3.05, 3.63) is 71.9 Å². The van der Waals surface area contributed by atoms with Crippen LogP contribution in [0.4, 0.5) is 4.79 Å². The first-order chi connectivity index (χ1) is 15.3. The molecule has 9 nitrogen and oxygen atoms in total. The number of unbranched alkanes of at least 4 members (excludes halogenated alkanes) is 1. The summed E-state index contributed by atoms with van der Waals surface area (Å²) in [7, 11) is 0. The third kappa shape index (κ3) is 8.97. The molecule has 5 N–H and O–H groups in total. The number of nitrogens with two attached hydrogens (primary N) is 2. The maximum atomic E-state index is 10.5. The molecule has 0 aliphatic carbocycles. The lowest BCUT2D eigenvalue weighted by atomic mass is 10.0. The number of aliphatic carboxylic acids is 1. The van der Waals surface area contributed by atoms with Gasteiger partial charge in [-0.2, -0.15) is 4.98 Å². The fourth-order valence-electron chi connectivity index (χ4n) is 2.88. The largest absolute Gasteiger partial charge is 0.481 e. The number of carbonyl (C=O) groups excluding carboxylic acids is 1. The zero-order chi connectivity index (χ0) is 23.3. The molecule has 9 heteroatoms. The Kier molecular flexibility index (Phi) is 9.86. The highest BCUT2D eigenvalue weighted by molar-refractivity contribution is 5.64. The molecule has 0 saturated carbocycles. The van der Waals surface area contributed by atoms with E-state index in [9.17, 15) is 4.79 Å². The van der Waals surface area contributed by atoms with E-state index in [1.807, 2.05) is 18.2 Å². The topological polar surface area (TPSA) is 155 Å². The number of nitrogens with zero attached hydrogens (tertiary/aromatic N) is 2. The number of carboxylic acids is 1. The molecule has 3 aromatic rings. The molecule has 170 valence electrons. The van der Waals surface area contributed by atoms with Crippen molar-refractivity contribution in [2.75, 3.05) is 6.61 Å². The fraction of sp³-hybridized carbons (Fsp3) is 0.304. The quantitative estimate of drug-likeness (QED) is 0.426. The molecule has 32 heavy (non-hydrogen) atoms. The molecule has 3 rings (SSSR count). The van der Waals surface area contributed by atoms with Gasteiger partial charge in [-0.15, -0.1) is 0 Å². The van der Waals surface area contributed by atoms with E-state index in [1.165, 1.54) is 11.1 Å². The zero-order valence-electron chi connectivity index (χ0n) is 17.9. The van der Waals surface area contributed by atoms with Crippen molar-refractivity contribution in [1.29, 1.82) is 0 Å². The summed E-state index contributed by atoms with van der Waals surface area (Å²) in [5.74, 6) is 0.196. The first kappa shape index (κ1) is 24.5. The van der Waals surface area contributed by atoms with Crippen LogP contribution in [0, 0.1) is 0 Å². The Balaban J connectivity index is 0.000000837. The summed E-state index contributed by atoms with van der Waals surface area (Å²) in [6, 6.07) is 18.2. The molecule has 1 unspecified atom stereocenters. The van der Waals surface area contributed by atoms with Crippen LogP contribution in [0.3, 0.4) is 0 Å². The molecule has 0 spiro atoms. The minimum absolute atomic E-state index is 0.288. The zero-order valence-corrected chi connectivity index (χ0v) is 17.9. The van der Waals surface area contributed by atoms with Crippen LogP contribution in [0.15, 0.2) is 59.1 Å². The third-order valence-corrected chi connectivity index (χ3v) is 4.38. The number of carboxylic acid groups (broad SMARTS) is 1. The van der Waals surface area contributed by atoms with Crippen molar-refractivity contribution >= 4 is 12.1 Å². The predicted molar refractivity (Wildman–Crippen MR) is 119 cm³/mol. The monoisotopic (exact) mass is 440 g/mol. The number of hydrogen-bond donors (Lipinski definition) is 3. The number of amides is 1. The van der Waals surface area contributed by atoms with Crippen LogP contribution < -0.4 is 11.5 Å². The van der Waals surface area contributed by atoms with Crippen LogP contribution >= 0.6 is 0 Å². The number of primary amides is 1. The Bertz CT molecular complexity index is 970. The maximum absolute atomic E-state index is 10.5. The molecule has 1 aromatic heterocycles. The number of benzene rings is 2. The van der Waals surface area contributed by atoms with E-state index in [0.29, 0.717) is 31.0 Å². The first-order valence-corrected chi connectivity index (χ1v) is 10.2. The molecular formula is C23H28N4O5. The highest BCUT2D eigenvalue weighted by Crippen LogP contribution is 2.21. The second kappa shape index (κ2) is 12.9. The third-order valence-electron chi connectivity index (χ3n) is 4.38.